The molecule has 1 fully saturated rings. The fourth-order valence-corrected chi connectivity index (χ4v) is 1.97. The van der Waals surface area contributed by atoms with Gasteiger partial charge in [-0.3, -0.25) is 4.79 Å². The van der Waals surface area contributed by atoms with Crippen LogP contribution in [0.5, 0.6) is 0 Å². The number of hydrogen-bond donors (Lipinski definition) is 1. The van der Waals surface area contributed by atoms with Gasteiger partial charge < -0.3 is 5.32 Å². The van der Waals surface area contributed by atoms with Crippen molar-refractivity contribution in [1.29, 1.82) is 0 Å². The van der Waals surface area contributed by atoms with Crippen LogP contribution in [0, 0.1) is 11.6 Å². The first-order valence-corrected chi connectivity index (χ1v) is 5.90. The Morgan fingerprint density at radius 2 is 2.12 bits per heavy atom. The van der Waals surface area contributed by atoms with Gasteiger partial charge in [-0.25, -0.2) is 8.78 Å². The number of amides is 1. The van der Waals surface area contributed by atoms with Crippen molar-refractivity contribution in [2.75, 3.05) is 5.88 Å². The van der Waals surface area contributed by atoms with Gasteiger partial charge in [-0.2, -0.15) is 0 Å². The first-order valence-electron chi connectivity index (χ1n) is 5.36. The van der Waals surface area contributed by atoms with Crippen molar-refractivity contribution >= 4 is 17.5 Å². The lowest BCUT2D eigenvalue weighted by Gasteiger charge is -2.14. The summed E-state index contributed by atoms with van der Waals surface area (Å²) in [5.41, 5.74) is -0.254. The quantitative estimate of drug-likeness (QED) is 0.827. The molecule has 1 saturated carbocycles. The van der Waals surface area contributed by atoms with E-state index < -0.39 is 11.6 Å². The molecule has 1 aliphatic carbocycles. The largest absolute Gasteiger partial charge is 0.349 e. The minimum absolute atomic E-state index is 0.0628. The number of nitrogens with one attached hydrogen (secondary N) is 1. The van der Waals surface area contributed by atoms with Crippen LogP contribution in [0.15, 0.2) is 18.2 Å². The maximum absolute atomic E-state index is 13.3. The number of hydrogen-bond acceptors (Lipinski definition) is 1. The van der Waals surface area contributed by atoms with Crippen LogP contribution >= 0.6 is 11.6 Å². The van der Waals surface area contributed by atoms with Gasteiger partial charge in [0.2, 0.25) is 5.91 Å². The zero-order chi connectivity index (χ0) is 12.5. The van der Waals surface area contributed by atoms with E-state index in [0.29, 0.717) is 5.88 Å². The average Bonchev–Trinajstić information content (AvgIpc) is 3.05. The van der Waals surface area contributed by atoms with E-state index in [9.17, 15) is 13.6 Å². The molecule has 17 heavy (non-hydrogen) atoms. The molecule has 1 aromatic rings. The topological polar surface area (TPSA) is 29.1 Å². The summed E-state index contributed by atoms with van der Waals surface area (Å²) in [4.78, 5) is 11.6. The van der Waals surface area contributed by atoms with Crippen molar-refractivity contribution < 1.29 is 13.6 Å². The fraction of sp³-hybridized carbons (Fsp3) is 0.417. The van der Waals surface area contributed by atoms with Crippen molar-refractivity contribution in [2.45, 2.75) is 24.8 Å². The Hall–Kier alpha value is -1.16. The average molecular weight is 260 g/mol. The molecule has 1 aromatic carbocycles. The molecule has 0 radical (unpaired) electrons. The second kappa shape index (κ2) is 4.61. The Bertz CT molecular complexity index is 446. The molecule has 5 heteroatoms. The molecule has 92 valence electrons. The van der Waals surface area contributed by atoms with Crippen LogP contribution in [-0.2, 0) is 11.2 Å². The Morgan fingerprint density at radius 3 is 2.71 bits per heavy atom. The highest BCUT2D eigenvalue weighted by atomic mass is 35.5. The first-order chi connectivity index (χ1) is 8.06. The SMILES string of the molecule is O=C(Cc1cccc(F)c1F)NC1(CCl)CC1. The lowest BCUT2D eigenvalue weighted by molar-refractivity contribution is -0.121. The second-order valence-electron chi connectivity index (χ2n) is 4.35. The molecule has 0 unspecified atom stereocenters. The Labute approximate surface area is 103 Å². The van der Waals surface area contributed by atoms with Crippen molar-refractivity contribution in [3.8, 4) is 0 Å². The maximum atomic E-state index is 13.3. The lowest BCUT2D eigenvalue weighted by Crippen LogP contribution is -2.39. The summed E-state index contributed by atoms with van der Waals surface area (Å²) in [6.45, 7) is 0. The summed E-state index contributed by atoms with van der Waals surface area (Å²) in [7, 11) is 0. The van der Waals surface area contributed by atoms with E-state index in [-0.39, 0.29) is 23.4 Å². The van der Waals surface area contributed by atoms with E-state index in [1.54, 1.807) is 0 Å². The molecule has 0 spiro atoms. The van der Waals surface area contributed by atoms with Crippen molar-refractivity contribution in [3.63, 3.8) is 0 Å². The summed E-state index contributed by atoms with van der Waals surface area (Å²) in [6, 6.07) is 3.81. The molecule has 0 atom stereocenters. The van der Waals surface area contributed by atoms with Gasteiger partial charge in [-0.1, -0.05) is 12.1 Å². The summed E-state index contributed by atoms with van der Waals surface area (Å²) in [6.07, 6.45) is 1.52. The highest BCUT2D eigenvalue weighted by Gasteiger charge is 2.43. The van der Waals surface area contributed by atoms with E-state index >= 15 is 0 Å². The van der Waals surface area contributed by atoms with Crippen LogP contribution in [0.1, 0.15) is 18.4 Å². The number of halogens is 3. The van der Waals surface area contributed by atoms with Gasteiger partial charge in [0.25, 0.3) is 0 Å². The molecule has 0 aliphatic heterocycles. The predicted octanol–water partition coefficient (Wildman–Crippen LogP) is 2.39. The molecule has 0 saturated heterocycles. The zero-order valence-electron chi connectivity index (χ0n) is 9.10. The number of rotatable bonds is 4. The van der Waals surface area contributed by atoms with Gasteiger partial charge in [-0.15, -0.1) is 11.6 Å². The third-order valence-corrected chi connectivity index (χ3v) is 3.41. The van der Waals surface area contributed by atoms with Gasteiger partial charge in [0.1, 0.15) is 0 Å². The smallest absolute Gasteiger partial charge is 0.224 e. The van der Waals surface area contributed by atoms with E-state index in [1.807, 2.05) is 0 Å². The predicted molar refractivity (Wildman–Crippen MR) is 60.9 cm³/mol. The van der Waals surface area contributed by atoms with Crippen molar-refractivity contribution in [1.82, 2.24) is 5.32 Å². The monoisotopic (exact) mass is 259 g/mol. The summed E-state index contributed by atoms with van der Waals surface area (Å²) >= 11 is 5.71. The van der Waals surface area contributed by atoms with Crippen LogP contribution in [0.25, 0.3) is 0 Å². The van der Waals surface area contributed by atoms with Gasteiger partial charge in [-0.05, 0) is 18.9 Å². The number of alkyl halides is 1. The Kier molecular flexibility index (Phi) is 3.33. The highest BCUT2D eigenvalue weighted by molar-refractivity contribution is 6.19. The molecule has 2 rings (SSSR count). The number of carbonyl (C=O) groups is 1. The van der Waals surface area contributed by atoms with Gasteiger partial charge in [0, 0.05) is 11.4 Å². The van der Waals surface area contributed by atoms with Gasteiger partial charge >= 0.3 is 0 Å². The van der Waals surface area contributed by atoms with E-state index in [1.165, 1.54) is 12.1 Å². The van der Waals surface area contributed by atoms with Gasteiger partial charge in [0.05, 0.1) is 12.0 Å². The normalized spacial score (nSPS) is 16.6. The van der Waals surface area contributed by atoms with E-state index in [2.05, 4.69) is 5.32 Å². The van der Waals surface area contributed by atoms with E-state index in [0.717, 1.165) is 18.9 Å². The second-order valence-corrected chi connectivity index (χ2v) is 4.62. The standard InChI is InChI=1S/C12H12ClF2NO/c13-7-12(4-5-12)16-10(17)6-8-2-1-3-9(14)11(8)15/h1-3H,4-7H2,(H,16,17). The van der Waals surface area contributed by atoms with Crippen LogP contribution in [0.2, 0.25) is 0 Å². The summed E-state index contributed by atoms with van der Waals surface area (Å²) in [5.74, 6) is -1.87. The first kappa shape index (κ1) is 12.3. The Balaban J connectivity index is 2.01. The minimum atomic E-state index is -0.960. The summed E-state index contributed by atoms with van der Waals surface area (Å²) in [5, 5.41) is 2.75. The van der Waals surface area contributed by atoms with E-state index in [4.69, 9.17) is 11.6 Å². The number of carbonyl (C=O) groups excluding carboxylic acids is 1. The van der Waals surface area contributed by atoms with Crippen LogP contribution in [-0.4, -0.2) is 17.3 Å². The lowest BCUT2D eigenvalue weighted by atomic mass is 10.1. The molecule has 1 amide bonds. The molecular formula is C12H12ClF2NO. The molecule has 1 aliphatic rings. The van der Waals surface area contributed by atoms with Crippen molar-refractivity contribution in [3.05, 3.63) is 35.4 Å². The maximum Gasteiger partial charge on any atom is 0.224 e. The third kappa shape index (κ3) is 2.75. The molecular weight excluding hydrogens is 248 g/mol. The zero-order valence-corrected chi connectivity index (χ0v) is 9.86. The molecule has 0 aromatic heterocycles. The third-order valence-electron chi connectivity index (χ3n) is 2.90. The van der Waals surface area contributed by atoms with Crippen LogP contribution < -0.4 is 5.32 Å². The fourth-order valence-electron chi connectivity index (χ4n) is 1.64. The summed E-state index contributed by atoms with van der Waals surface area (Å²) < 4.78 is 26.2. The molecule has 1 N–H and O–H groups in total. The highest BCUT2D eigenvalue weighted by Crippen LogP contribution is 2.36. The molecule has 2 nitrogen and oxygen atoms in total. The van der Waals surface area contributed by atoms with Crippen LogP contribution in [0.3, 0.4) is 0 Å². The molecule has 0 bridgehead atoms. The molecule has 0 heterocycles. The minimum Gasteiger partial charge on any atom is -0.349 e. The van der Waals surface area contributed by atoms with Crippen molar-refractivity contribution in [2.24, 2.45) is 0 Å². The van der Waals surface area contributed by atoms with Crippen LogP contribution in [0.4, 0.5) is 8.78 Å². The number of benzene rings is 1. The van der Waals surface area contributed by atoms with Gasteiger partial charge in [0.15, 0.2) is 11.6 Å². The Morgan fingerprint density at radius 1 is 1.41 bits per heavy atom.